The number of anilines is 2. The van der Waals surface area contributed by atoms with Crippen LogP contribution < -0.4 is 21.3 Å². The quantitative estimate of drug-likeness (QED) is 0.157. The van der Waals surface area contributed by atoms with E-state index in [-0.39, 0.29) is 28.5 Å². The summed E-state index contributed by atoms with van der Waals surface area (Å²) in [5.74, 6) is 0. The van der Waals surface area contributed by atoms with Crippen LogP contribution in [0.3, 0.4) is 0 Å². The van der Waals surface area contributed by atoms with Gasteiger partial charge in [0.1, 0.15) is 0 Å². The van der Waals surface area contributed by atoms with E-state index in [2.05, 4.69) is 134 Å². The lowest BCUT2D eigenvalue weighted by Gasteiger charge is -2.52. The minimum Gasteiger partial charge on any atom is -0.335 e. The van der Waals surface area contributed by atoms with Crippen LogP contribution in [0.5, 0.6) is 0 Å². The molecule has 1 aromatic heterocycles. The predicted octanol–water partition coefficient (Wildman–Crippen LogP) is 9.19. The monoisotopic (exact) mass is 604 g/mol. The summed E-state index contributed by atoms with van der Waals surface area (Å²) < 4.78 is 2.66. The van der Waals surface area contributed by atoms with Crippen LogP contribution in [-0.2, 0) is 16.2 Å². The molecule has 9 rings (SSSR count). The van der Waals surface area contributed by atoms with Crippen LogP contribution in [0.4, 0.5) is 11.4 Å². The average molecular weight is 605 g/mol. The lowest BCUT2D eigenvalue weighted by atomic mass is 9.33. The van der Waals surface area contributed by atoms with E-state index in [1.54, 1.807) is 16.7 Å². The van der Waals surface area contributed by atoms with E-state index < -0.39 is 0 Å². The van der Waals surface area contributed by atoms with Crippen molar-refractivity contribution in [2.24, 2.45) is 0 Å². The Morgan fingerprint density at radius 3 is 2.09 bits per heavy atom. The second-order valence-electron chi connectivity index (χ2n) is 18.0. The molecule has 4 aliphatic rings. The smallest absolute Gasteiger partial charge is 0.252 e. The molecule has 0 radical (unpaired) electrons. The molecule has 1 saturated carbocycles. The summed E-state index contributed by atoms with van der Waals surface area (Å²) >= 11 is 0. The van der Waals surface area contributed by atoms with Gasteiger partial charge in [0.2, 0.25) is 0 Å². The van der Waals surface area contributed by atoms with Crippen LogP contribution >= 0.6 is 0 Å². The first kappa shape index (κ1) is 28.7. The van der Waals surface area contributed by atoms with Gasteiger partial charge in [-0.3, -0.25) is 0 Å². The molecule has 3 aliphatic heterocycles. The lowest BCUT2D eigenvalue weighted by Crippen LogP contribution is -2.64. The fraction of sp³-hybridized carbons (Fsp3) is 0.442. The van der Waals surface area contributed by atoms with Gasteiger partial charge < -0.3 is 9.47 Å². The van der Waals surface area contributed by atoms with Gasteiger partial charge in [0.15, 0.2) is 0 Å². The highest BCUT2D eigenvalue weighted by atomic mass is 15.3. The molecule has 2 unspecified atom stereocenters. The number of benzene rings is 4. The third-order valence-corrected chi connectivity index (χ3v) is 13.1. The molecule has 0 saturated heterocycles. The van der Waals surface area contributed by atoms with Crippen molar-refractivity contribution >= 4 is 56.3 Å². The molecular formula is C43H49BN2. The molecular weight excluding hydrogens is 555 g/mol. The summed E-state index contributed by atoms with van der Waals surface area (Å²) in [5, 5.41) is 2.80. The summed E-state index contributed by atoms with van der Waals surface area (Å²) in [6, 6.07) is 20.0. The molecule has 4 aromatic carbocycles. The fourth-order valence-corrected chi connectivity index (χ4v) is 10.6. The van der Waals surface area contributed by atoms with Gasteiger partial charge in [-0.2, -0.15) is 0 Å². The van der Waals surface area contributed by atoms with E-state index >= 15 is 0 Å². The summed E-state index contributed by atoms with van der Waals surface area (Å²) in [4.78, 5) is 2.89. The minimum atomic E-state index is 0.0397. The van der Waals surface area contributed by atoms with Crippen molar-refractivity contribution in [2.75, 3.05) is 4.90 Å². The third-order valence-electron chi connectivity index (χ3n) is 13.1. The van der Waals surface area contributed by atoms with Crippen molar-refractivity contribution in [3.05, 3.63) is 81.9 Å². The molecule has 0 spiro atoms. The Labute approximate surface area is 276 Å². The Morgan fingerprint density at radius 2 is 1.37 bits per heavy atom. The molecule has 0 N–H and O–H groups in total. The first-order chi connectivity index (χ1) is 21.6. The van der Waals surface area contributed by atoms with E-state index in [1.807, 2.05) is 0 Å². The molecule has 0 bridgehead atoms. The molecule has 1 aliphatic carbocycles. The number of aryl methyl sites for hydroxylation is 3. The highest BCUT2D eigenvalue weighted by Crippen LogP contribution is 2.62. The Morgan fingerprint density at radius 1 is 0.696 bits per heavy atom. The van der Waals surface area contributed by atoms with E-state index in [0.29, 0.717) is 0 Å². The van der Waals surface area contributed by atoms with Crippen LogP contribution in [0, 0.1) is 20.8 Å². The second kappa shape index (κ2) is 8.52. The SMILES string of the molecule is Cc1cc2c3c(c1)-n1c4ccc(C(C)(C)C)cc4c4cc(C(C)(C)C)cc(c41)B3c1c(C)cc(C)c3c1N2C1(C)CCCCC31C. The van der Waals surface area contributed by atoms with Crippen molar-refractivity contribution in [3.63, 3.8) is 0 Å². The average Bonchev–Trinajstić information content (AvgIpc) is 3.41. The van der Waals surface area contributed by atoms with Crippen molar-refractivity contribution in [3.8, 4) is 5.69 Å². The summed E-state index contributed by atoms with van der Waals surface area (Å²) in [6.45, 7) is 26.7. The van der Waals surface area contributed by atoms with Gasteiger partial charge in [0, 0.05) is 38.8 Å². The van der Waals surface area contributed by atoms with E-state index in [4.69, 9.17) is 0 Å². The molecule has 4 heterocycles. The number of hydrogen-bond acceptors (Lipinski definition) is 1. The third kappa shape index (κ3) is 3.26. The predicted molar refractivity (Wildman–Crippen MR) is 200 cm³/mol. The first-order valence-corrected chi connectivity index (χ1v) is 17.8. The van der Waals surface area contributed by atoms with Gasteiger partial charge in [-0.15, -0.1) is 0 Å². The molecule has 2 atom stereocenters. The van der Waals surface area contributed by atoms with Crippen molar-refractivity contribution in [1.29, 1.82) is 0 Å². The Bertz CT molecular complexity index is 2200. The molecule has 2 nitrogen and oxygen atoms in total. The molecule has 234 valence electrons. The summed E-state index contributed by atoms with van der Waals surface area (Å²) in [6.07, 6.45) is 5.12. The maximum absolute atomic E-state index is 2.89. The fourth-order valence-electron chi connectivity index (χ4n) is 10.6. The Balaban J connectivity index is 1.51. The lowest BCUT2D eigenvalue weighted by molar-refractivity contribution is 0.194. The number of hydrogen-bond donors (Lipinski definition) is 0. The zero-order valence-electron chi connectivity index (χ0n) is 29.9. The van der Waals surface area contributed by atoms with Gasteiger partial charge >= 0.3 is 0 Å². The zero-order valence-corrected chi connectivity index (χ0v) is 29.9. The topological polar surface area (TPSA) is 8.17 Å². The number of aromatic nitrogens is 1. The molecule has 5 aromatic rings. The maximum atomic E-state index is 2.89. The highest BCUT2D eigenvalue weighted by Gasteiger charge is 2.62. The molecule has 1 fully saturated rings. The van der Waals surface area contributed by atoms with Crippen molar-refractivity contribution in [1.82, 2.24) is 4.57 Å². The Kier molecular flexibility index (Phi) is 5.32. The standard InChI is InChI=1S/C43H49BN2/c1-24-18-33-37-34(19-24)46-39-35(42(10)16-12-13-17-43(42,46)11)25(2)20-26(3)36(39)44(37)31-23-28(41(7,8)9)22-30-29-21-27(40(4,5)6)14-15-32(29)45(33)38(30)31/h14-15,18-23H,12-13,16-17H2,1-11H3. The van der Waals surface area contributed by atoms with Gasteiger partial charge in [-0.05, 0) is 126 Å². The number of rotatable bonds is 0. The number of nitrogens with zero attached hydrogens (tertiary/aromatic N) is 2. The second-order valence-corrected chi connectivity index (χ2v) is 18.0. The summed E-state index contributed by atoms with van der Waals surface area (Å²) in [7, 11) is 0. The van der Waals surface area contributed by atoms with Gasteiger partial charge in [0.25, 0.3) is 6.71 Å². The van der Waals surface area contributed by atoms with E-state index in [0.717, 1.165) is 0 Å². The Hall–Kier alpha value is -3.46. The van der Waals surface area contributed by atoms with Crippen LogP contribution in [0.2, 0.25) is 0 Å². The van der Waals surface area contributed by atoms with Gasteiger partial charge in [0.05, 0.1) is 11.1 Å². The van der Waals surface area contributed by atoms with Gasteiger partial charge in [-0.1, -0.05) is 85.1 Å². The molecule has 3 heteroatoms. The van der Waals surface area contributed by atoms with Crippen molar-refractivity contribution < 1.29 is 0 Å². The van der Waals surface area contributed by atoms with Crippen LogP contribution in [-0.4, -0.2) is 16.8 Å². The van der Waals surface area contributed by atoms with Crippen molar-refractivity contribution in [2.45, 2.75) is 124 Å². The first-order valence-electron chi connectivity index (χ1n) is 17.8. The minimum absolute atomic E-state index is 0.0397. The number of fused-ring (bicyclic) bond motifs is 10. The largest absolute Gasteiger partial charge is 0.335 e. The highest BCUT2D eigenvalue weighted by molar-refractivity contribution is 7.00. The zero-order chi connectivity index (χ0) is 32.5. The van der Waals surface area contributed by atoms with Crippen LogP contribution in [0.25, 0.3) is 27.5 Å². The molecule has 46 heavy (non-hydrogen) atoms. The normalized spacial score (nSPS) is 22.8. The molecule has 0 amide bonds. The van der Waals surface area contributed by atoms with Crippen LogP contribution in [0.15, 0.2) is 48.5 Å². The van der Waals surface area contributed by atoms with Gasteiger partial charge in [-0.25, -0.2) is 0 Å². The van der Waals surface area contributed by atoms with E-state index in [9.17, 15) is 0 Å². The van der Waals surface area contributed by atoms with Crippen LogP contribution in [0.1, 0.15) is 114 Å². The summed E-state index contributed by atoms with van der Waals surface area (Å²) in [5.41, 5.74) is 20.8. The van der Waals surface area contributed by atoms with E-state index in [1.165, 1.54) is 97.6 Å². The maximum Gasteiger partial charge on any atom is 0.252 e.